The molecule has 128 valence electrons. The molecule has 2 aromatic rings. The van der Waals surface area contributed by atoms with Crippen molar-refractivity contribution in [1.29, 1.82) is 0 Å². The molecule has 0 saturated heterocycles. The molecule has 0 aliphatic carbocycles. The van der Waals surface area contributed by atoms with Gasteiger partial charge in [0, 0.05) is 12.6 Å². The van der Waals surface area contributed by atoms with Gasteiger partial charge in [-0.25, -0.2) is 0 Å². The number of carbonyl (C=O) groups excluding carboxylic acids is 2. The van der Waals surface area contributed by atoms with Crippen LogP contribution in [-0.4, -0.2) is 42.7 Å². The Morgan fingerprint density at radius 3 is 2.46 bits per heavy atom. The fourth-order valence-electron chi connectivity index (χ4n) is 2.29. The van der Waals surface area contributed by atoms with Crippen LogP contribution in [0.3, 0.4) is 0 Å². The van der Waals surface area contributed by atoms with Crippen molar-refractivity contribution in [2.24, 2.45) is 0 Å². The summed E-state index contributed by atoms with van der Waals surface area (Å²) in [6, 6.07) is 11.1. The molecule has 2 aromatic carbocycles. The highest BCUT2D eigenvalue weighted by molar-refractivity contribution is 6.01. The van der Waals surface area contributed by atoms with E-state index in [4.69, 9.17) is 9.84 Å². The summed E-state index contributed by atoms with van der Waals surface area (Å²) < 4.78 is 5.57. The van der Waals surface area contributed by atoms with E-state index in [1.807, 2.05) is 38.1 Å². The molecule has 0 heterocycles. The molecule has 0 radical (unpaired) electrons. The van der Waals surface area contributed by atoms with Crippen molar-refractivity contribution in [3.8, 4) is 5.75 Å². The minimum atomic E-state index is -0.353. The van der Waals surface area contributed by atoms with Crippen LogP contribution in [-0.2, 0) is 4.79 Å². The van der Waals surface area contributed by atoms with Gasteiger partial charge in [0.05, 0.1) is 12.2 Å². The maximum Gasteiger partial charge on any atom is 0.258 e. The molecule has 0 bridgehead atoms. The van der Waals surface area contributed by atoms with Crippen LogP contribution >= 0.6 is 0 Å². The second-order valence-corrected chi connectivity index (χ2v) is 5.69. The third-order valence-corrected chi connectivity index (χ3v) is 3.30. The fourth-order valence-corrected chi connectivity index (χ4v) is 2.29. The van der Waals surface area contributed by atoms with E-state index in [2.05, 4.69) is 10.6 Å². The number of hydrogen-bond acceptors (Lipinski definition) is 4. The molecule has 0 aromatic heterocycles. The smallest absolute Gasteiger partial charge is 0.258 e. The SMILES string of the molecule is CC(C)NC(=O)COc1cc2ccccc2cc1C(=O)NCCO. The van der Waals surface area contributed by atoms with E-state index in [0.29, 0.717) is 11.3 Å². The molecule has 3 N–H and O–H groups in total. The first kappa shape index (κ1) is 17.7. The van der Waals surface area contributed by atoms with Gasteiger partial charge in [-0.1, -0.05) is 24.3 Å². The summed E-state index contributed by atoms with van der Waals surface area (Å²) in [5.74, 6) is -0.267. The predicted molar refractivity (Wildman–Crippen MR) is 92.1 cm³/mol. The van der Waals surface area contributed by atoms with Gasteiger partial charge in [-0.05, 0) is 36.8 Å². The van der Waals surface area contributed by atoms with Gasteiger partial charge in [-0.15, -0.1) is 0 Å². The van der Waals surface area contributed by atoms with Crippen molar-refractivity contribution in [3.63, 3.8) is 0 Å². The van der Waals surface area contributed by atoms with Gasteiger partial charge in [0.1, 0.15) is 5.75 Å². The standard InChI is InChI=1S/C18H22N2O4/c1-12(2)20-17(22)11-24-16-10-14-6-4-3-5-13(14)9-15(16)18(23)19-7-8-21/h3-6,9-10,12,21H,7-8,11H2,1-2H3,(H,19,23)(H,20,22). The van der Waals surface area contributed by atoms with Gasteiger partial charge >= 0.3 is 0 Å². The van der Waals surface area contributed by atoms with Crippen molar-refractivity contribution >= 4 is 22.6 Å². The first-order chi connectivity index (χ1) is 11.5. The van der Waals surface area contributed by atoms with Crippen molar-refractivity contribution < 1.29 is 19.4 Å². The minimum absolute atomic E-state index is 0.0185. The van der Waals surface area contributed by atoms with E-state index in [-0.39, 0.29) is 37.6 Å². The van der Waals surface area contributed by atoms with Gasteiger partial charge in [-0.3, -0.25) is 9.59 Å². The van der Waals surface area contributed by atoms with Gasteiger partial charge in [0.15, 0.2) is 6.61 Å². The Balaban J connectivity index is 2.27. The van der Waals surface area contributed by atoms with Gasteiger partial charge in [0.25, 0.3) is 11.8 Å². The fraction of sp³-hybridized carbons (Fsp3) is 0.333. The molecule has 0 saturated carbocycles. The Morgan fingerprint density at radius 1 is 1.17 bits per heavy atom. The zero-order chi connectivity index (χ0) is 17.5. The zero-order valence-corrected chi connectivity index (χ0v) is 13.8. The minimum Gasteiger partial charge on any atom is -0.483 e. The topological polar surface area (TPSA) is 87.7 Å². The van der Waals surface area contributed by atoms with Crippen molar-refractivity contribution in [2.45, 2.75) is 19.9 Å². The molecule has 24 heavy (non-hydrogen) atoms. The Labute approximate surface area is 140 Å². The van der Waals surface area contributed by atoms with Crippen LogP contribution in [0.4, 0.5) is 0 Å². The molecule has 6 nitrogen and oxygen atoms in total. The summed E-state index contributed by atoms with van der Waals surface area (Å²) in [6.07, 6.45) is 0. The molecule has 0 aliphatic heterocycles. The number of aliphatic hydroxyl groups is 1. The molecule has 6 heteroatoms. The Hall–Kier alpha value is -2.60. The maximum absolute atomic E-state index is 12.3. The summed E-state index contributed by atoms with van der Waals surface area (Å²) in [6.45, 7) is 3.56. The van der Waals surface area contributed by atoms with Crippen molar-refractivity contribution in [3.05, 3.63) is 42.0 Å². The largest absolute Gasteiger partial charge is 0.483 e. The number of fused-ring (bicyclic) bond motifs is 1. The number of nitrogens with one attached hydrogen (secondary N) is 2. The van der Waals surface area contributed by atoms with E-state index in [1.54, 1.807) is 12.1 Å². The third-order valence-electron chi connectivity index (χ3n) is 3.30. The highest BCUT2D eigenvalue weighted by Gasteiger charge is 2.15. The lowest BCUT2D eigenvalue weighted by molar-refractivity contribution is -0.123. The number of aliphatic hydroxyl groups excluding tert-OH is 1. The van der Waals surface area contributed by atoms with Crippen molar-refractivity contribution in [1.82, 2.24) is 10.6 Å². The number of hydrogen-bond donors (Lipinski definition) is 3. The summed E-state index contributed by atoms with van der Waals surface area (Å²) in [7, 11) is 0. The zero-order valence-electron chi connectivity index (χ0n) is 13.8. The normalized spacial score (nSPS) is 10.7. The molecular formula is C18H22N2O4. The first-order valence-corrected chi connectivity index (χ1v) is 7.85. The molecule has 0 spiro atoms. The van der Waals surface area contributed by atoms with E-state index < -0.39 is 0 Å². The van der Waals surface area contributed by atoms with E-state index in [9.17, 15) is 9.59 Å². The average molecular weight is 330 g/mol. The van der Waals surface area contributed by atoms with E-state index >= 15 is 0 Å². The summed E-state index contributed by atoms with van der Waals surface area (Å²) in [5.41, 5.74) is 0.333. The molecule has 0 unspecified atom stereocenters. The van der Waals surface area contributed by atoms with Crippen LogP contribution in [0.2, 0.25) is 0 Å². The molecule has 2 rings (SSSR count). The van der Waals surface area contributed by atoms with Crippen LogP contribution in [0.15, 0.2) is 36.4 Å². The summed E-state index contributed by atoms with van der Waals surface area (Å²) >= 11 is 0. The summed E-state index contributed by atoms with van der Waals surface area (Å²) in [5, 5.41) is 16.0. The Morgan fingerprint density at radius 2 is 1.83 bits per heavy atom. The number of rotatable bonds is 7. The molecule has 0 aliphatic rings. The van der Waals surface area contributed by atoms with Crippen LogP contribution < -0.4 is 15.4 Å². The quantitative estimate of drug-likeness (QED) is 0.717. The average Bonchev–Trinajstić information content (AvgIpc) is 2.56. The number of ether oxygens (including phenoxy) is 1. The Kier molecular flexibility index (Phi) is 6.14. The van der Waals surface area contributed by atoms with Gasteiger partial charge in [0.2, 0.25) is 0 Å². The third kappa shape index (κ3) is 4.70. The molecule has 0 atom stereocenters. The molecular weight excluding hydrogens is 308 g/mol. The second kappa shape index (κ2) is 8.31. The predicted octanol–water partition coefficient (Wildman–Crippen LogP) is 1.47. The van der Waals surface area contributed by atoms with Gasteiger partial charge < -0.3 is 20.5 Å². The lowest BCUT2D eigenvalue weighted by atomic mass is 10.1. The molecule has 2 amide bonds. The first-order valence-electron chi connectivity index (χ1n) is 7.85. The highest BCUT2D eigenvalue weighted by Crippen LogP contribution is 2.26. The summed E-state index contributed by atoms with van der Waals surface area (Å²) in [4.78, 5) is 24.1. The second-order valence-electron chi connectivity index (χ2n) is 5.69. The lowest BCUT2D eigenvalue weighted by Gasteiger charge is -2.14. The Bertz CT molecular complexity index is 728. The van der Waals surface area contributed by atoms with Crippen LogP contribution in [0.1, 0.15) is 24.2 Å². The maximum atomic E-state index is 12.3. The van der Waals surface area contributed by atoms with Crippen LogP contribution in [0, 0.1) is 0 Å². The molecule has 0 fully saturated rings. The monoisotopic (exact) mass is 330 g/mol. The van der Waals surface area contributed by atoms with Crippen LogP contribution in [0.25, 0.3) is 10.8 Å². The van der Waals surface area contributed by atoms with E-state index in [0.717, 1.165) is 10.8 Å². The van der Waals surface area contributed by atoms with Gasteiger partial charge in [-0.2, -0.15) is 0 Å². The van der Waals surface area contributed by atoms with E-state index in [1.165, 1.54) is 0 Å². The van der Waals surface area contributed by atoms with Crippen molar-refractivity contribution in [2.75, 3.05) is 19.8 Å². The highest BCUT2D eigenvalue weighted by atomic mass is 16.5. The lowest BCUT2D eigenvalue weighted by Crippen LogP contribution is -2.34. The number of benzene rings is 2. The number of amides is 2. The number of carbonyl (C=O) groups is 2. The van der Waals surface area contributed by atoms with Crippen LogP contribution in [0.5, 0.6) is 5.75 Å².